The van der Waals surface area contributed by atoms with Crippen molar-refractivity contribution in [1.82, 2.24) is 4.90 Å². The zero-order valence-electron chi connectivity index (χ0n) is 13.0. The predicted molar refractivity (Wildman–Crippen MR) is 93.4 cm³/mol. The lowest BCUT2D eigenvalue weighted by atomic mass is 10.1. The van der Waals surface area contributed by atoms with Crippen molar-refractivity contribution in [3.8, 4) is 0 Å². The summed E-state index contributed by atoms with van der Waals surface area (Å²) in [5.74, 6) is -0.183. The minimum Gasteiger partial charge on any atom is -0.339 e. The van der Waals surface area contributed by atoms with E-state index in [1.165, 1.54) is 24.3 Å². The Morgan fingerprint density at radius 2 is 1.96 bits per heavy atom. The number of anilines is 1. The summed E-state index contributed by atoms with van der Waals surface area (Å²) in [4.78, 5) is 30.1. The van der Waals surface area contributed by atoms with Crippen LogP contribution in [0.2, 0.25) is 0 Å². The first-order chi connectivity index (χ1) is 11.2. The fourth-order valence-corrected chi connectivity index (χ4v) is 3.91. The van der Waals surface area contributed by atoms with Crippen LogP contribution in [0.15, 0.2) is 52.8 Å². The van der Waals surface area contributed by atoms with Gasteiger partial charge in [-0.25, -0.2) is 0 Å². The molecule has 0 unspecified atom stereocenters. The Labute approximate surface area is 140 Å². The maximum atomic E-state index is 12.7. The first-order valence-corrected chi connectivity index (χ1v) is 8.72. The van der Waals surface area contributed by atoms with Crippen LogP contribution in [-0.2, 0) is 9.59 Å². The molecule has 0 bridgehead atoms. The maximum absolute atomic E-state index is 12.7. The highest BCUT2D eigenvalue weighted by atomic mass is 32.2. The lowest BCUT2D eigenvalue weighted by Crippen LogP contribution is -2.37. The predicted octanol–water partition coefficient (Wildman–Crippen LogP) is 3.21. The van der Waals surface area contributed by atoms with E-state index in [1.807, 2.05) is 29.2 Å². The SMILES string of the molecule is C=CCN1C(=O)/C(=C\C(=O)N2CCCCC2)Sc2ccccc21. The summed E-state index contributed by atoms with van der Waals surface area (Å²) in [7, 11) is 0. The van der Waals surface area contributed by atoms with Gasteiger partial charge < -0.3 is 9.80 Å². The van der Waals surface area contributed by atoms with Crippen molar-refractivity contribution in [2.24, 2.45) is 0 Å². The van der Waals surface area contributed by atoms with Gasteiger partial charge in [0.25, 0.3) is 5.91 Å². The van der Waals surface area contributed by atoms with Gasteiger partial charge in [0.2, 0.25) is 5.91 Å². The van der Waals surface area contributed by atoms with Crippen molar-refractivity contribution < 1.29 is 9.59 Å². The summed E-state index contributed by atoms with van der Waals surface area (Å²) < 4.78 is 0. The summed E-state index contributed by atoms with van der Waals surface area (Å²) in [6, 6.07) is 7.75. The molecule has 3 rings (SSSR count). The topological polar surface area (TPSA) is 40.6 Å². The molecule has 1 fully saturated rings. The van der Waals surface area contributed by atoms with Gasteiger partial charge in [0.05, 0.1) is 10.6 Å². The van der Waals surface area contributed by atoms with Gasteiger partial charge in [0.15, 0.2) is 0 Å². The number of benzene rings is 1. The van der Waals surface area contributed by atoms with Gasteiger partial charge in [-0.3, -0.25) is 9.59 Å². The van der Waals surface area contributed by atoms with Crippen molar-refractivity contribution in [2.75, 3.05) is 24.5 Å². The molecular weight excluding hydrogens is 308 g/mol. The zero-order valence-corrected chi connectivity index (χ0v) is 13.8. The van der Waals surface area contributed by atoms with E-state index in [0.29, 0.717) is 11.4 Å². The van der Waals surface area contributed by atoms with Crippen molar-refractivity contribution >= 4 is 29.3 Å². The second-order valence-corrected chi connectivity index (χ2v) is 6.75. The number of piperidine rings is 1. The quantitative estimate of drug-likeness (QED) is 0.632. The lowest BCUT2D eigenvalue weighted by Gasteiger charge is -2.30. The molecule has 1 saturated heterocycles. The fourth-order valence-electron chi connectivity index (χ4n) is 2.89. The van der Waals surface area contributed by atoms with E-state index >= 15 is 0 Å². The Bertz CT molecular complexity index is 663. The van der Waals surface area contributed by atoms with Gasteiger partial charge >= 0.3 is 0 Å². The molecule has 2 aliphatic heterocycles. The van der Waals surface area contributed by atoms with Gasteiger partial charge in [0.1, 0.15) is 0 Å². The molecule has 0 spiro atoms. The molecule has 0 atom stereocenters. The number of rotatable bonds is 3. The Morgan fingerprint density at radius 3 is 2.70 bits per heavy atom. The Hall–Kier alpha value is -2.01. The largest absolute Gasteiger partial charge is 0.339 e. The first kappa shape index (κ1) is 15.9. The molecule has 5 heteroatoms. The summed E-state index contributed by atoms with van der Waals surface area (Å²) in [5.41, 5.74) is 0.880. The van der Waals surface area contributed by atoms with Crippen LogP contribution in [0.3, 0.4) is 0 Å². The second kappa shape index (κ2) is 7.04. The van der Waals surface area contributed by atoms with Crippen molar-refractivity contribution in [3.05, 3.63) is 47.9 Å². The number of nitrogens with zero attached hydrogens (tertiary/aromatic N) is 2. The Morgan fingerprint density at radius 1 is 1.22 bits per heavy atom. The van der Waals surface area contributed by atoms with E-state index in [-0.39, 0.29) is 11.8 Å². The molecule has 4 nitrogen and oxygen atoms in total. The highest BCUT2D eigenvalue weighted by molar-refractivity contribution is 8.04. The van der Waals surface area contributed by atoms with E-state index in [0.717, 1.165) is 36.5 Å². The average molecular weight is 328 g/mol. The third-order valence-electron chi connectivity index (χ3n) is 4.07. The zero-order chi connectivity index (χ0) is 16.2. The van der Waals surface area contributed by atoms with Gasteiger partial charge in [-0.2, -0.15) is 0 Å². The van der Waals surface area contributed by atoms with E-state index < -0.39 is 0 Å². The Balaban J connectivity index is 1.88. The number of carbonyl (C=O) groups is 2. The highest BCUT2D eigenvalue weighted by Gasteiger charge is 2.29. The molecule has 0 aromatic heterocycles. The summed E-state index contributed by atoms with van der Waals surface area (Å²) >= 11 is 1.38. The molecule has 0 saturated carbocycles. The van der Waals surface area contributed by atoms with Crippen LogP contribution in [-0.4, -0.2) is 36.3 Å². The number of likely N-dealkylation sites (tertiary alicyclic amines) is 1. The van der Waals surface area contributed by atoms with Crippen molar-refractivity contribution in [1.29, 1.82) is 0 Å². The highest BCUT2D eigenvalue weighted by Crippen LogP contribution is 2.41. The summed E-state index contributed by atoms with van der Waals surface area (Å²) in [6.07, 6.45) is 6.47. The number of thioether (sulfide) groups is 1. The fraction of sp³-hybridized carbons (Fsp3) is 0.333. The normalized spacial score (nSPS) is 19.7. The molecule has 0 N–H and O–H groups in total. The van der Waals surface area contributed by atoms with Crippen LogP contribution in [0.25, 0.3) is 0 Å². The number of fused-ring (bicyclic) bond motifs is 1. The molecule has 0 aliphatic carbocycles. The molecule has 23 heavy (non-hydrogen) atoms. The van der Waals surface area contributed by atoms with E-state index in [4.69, 9.17) is 0 Å². The number of hydrogen-bond acceptors (Lipinski definition) is 3. The van der Waals surface area contributed by atoms with Gasteiger partial charge in [-0.1, -0.05) is 30.0 Å². The first-order valence-electron chi connectivity index (χ1n) is 7.91. The third-order valence-corrected chi connectivity index (χ3v) is 5.14. The van der Waals surface area contributed by atoms with Gasteiger partial charge in [-0.05, 0) is 31.4 Å². The summed E-state index contributed by atoms with van der Waals surface area (Å²) in [6.45, 7) is 5.73. The molecule has 2 amide bonds. The van der Waals surface area contributed by atoms with Gasteiger partial charge in [0, 0.05) is 30.6 Å². The van der Waals surface area contributed by atoms with Crippen LogP contribution in [0.4, 0.5) is 5.69 Å². The number of para-hydroxylation sites is 1. The molecule has 1 aromatic rings. The van der Waals surface area contributed by atoms with Crippen molar-refractivity contribution in [2.45, 2.75) is 24.2 Å². The van der Waals surface area contributed by atoms with E-state index in [2.05, 4.69) is 6.58 Å². The molecular formula is C18H20N2O2S. The summed E-state index contributed by atoms with van der Waals surface area (Å²) in [5, 5.41) is 0. The number of hydrogen-bond donors (Lipinski definition) is 0. The lowest BCUT2D eigenvalue weighted by molar-refractivity contribution is -0.127. The van der Waals surface area contributed by atoms with Crippen LogP contribution >= 0.6 is 11.8 Å². The van der Waals surface area contributed by atoms with Gasteiger partial charge in [-0.15, -0.1) is 6.58 Å². The molecule has 2 aliphatic rings. The minimum absolute atomic E-state index is 0.0570. The number of amides is 2. The minimum atomic E-state index is -0.126. The van der Waals surface area contributed by atoms with Crippen LogP contribution in [0, 0.1) is 0 Å². The van der Waals surface area contributed by atoms with E-state index in [1.54, 1.807) is 11.0 Å². The second-order valence-electron chi connectivity index (χ2n) is 5.67. The third kappa shape index (κ3) is 3.34. The van der Waals surface area contributed by atoms with E-state index in [9.17, 15) is 9.59 Å². The average Bonchev–Trinajstić information content (AvgIpc) is 2.59. The number of carbonyl (C=O) groups excluding carboxylic acids is 2. The molecule has 2 heterocycles. The Kier molecular flexibility index (Phi) is 4.86. The molecule has 120 valence electrons. The van der Waals surface area contributed by atoms with Crippen LogP contribution in [0.5, 0.6) is 0 Å². The van der Waals surface area contributed by atoms with Crippen molar-refractivity contribution in [3.63, 3.8) is 0 Å². The molecule has 1 aromatic carbocycles. The van der Waals surface area contributed by atoms with Crippen LogP contribution < -0.4 is 4.90 Å². The standard InChI is InChI=1S/C18H20N2O2S/c1-2-10-20-14-8-4-5-9-15(14)23-16(18(20)22)13-17(21)19-11-6-3-7-12-19/h2,4-5,8-9,13H,1,3,6-7,10-12H2/b16-13+. The monoisotopic (exact) mass is 328 g/mol. The van der Waals surface area contributed by atoms with Crippen LogP contribution in [0.1, 0.15) is 19.3 Å². The maximum Gasteiger partial charge on any atom is 0.265 e. The molecule has 0 radical (unpaired) electrons. The smallest absolute Gasteiger partial charge is 0.265 e.